The summed E-state index contributed by atoms with van der Waals surface area (Å²) in [5.74, 6) is -0.191. The topological polar surface area (TPSA) is 80.5 Å². The van der Waals surface area contributed by atoms with Crippen molar-refractivity contribution in [3.63, 3.8) is 0 Å². The van der Waals surface area contributed by atoms with Crippen LogP contribution in [0.15, 0.2) is 66.7 Å². The van der Waals surface area contributed by atoms with Crippen LogP contribution in [0.2, 0.25) is 0 Å². The summed E-state index contributed by atoms with van der Waals surface area (Å²) in [7, 11) is 2.15. The molecule has 1 unspecified atom stereocenters. The number of aldehydes is 1. The highest BCUT2D eigenvalue weighted by Gasteiger charge is 2.22. The molecular weight excluding hydrogens is 388 g/mol. The number of amides is 1. The second-order valence-electron chi connectivity index (χ2n) is 7.52. The Balaban J connectivity index is 0.000000214. The first kappa shape index (κ1) is 23.8. The number of para-hydroxylation sites is 1. The van der Waals surface area contributed by atoms with Crippen LogP contribution in [0.3, 0.4) is 0 Å². The molecule has 162 valence electrons. The molecule has 0 fully saturated rings. The third kappa shape index (κ3) is 6.78. The number of benzene rings is 3. The van der Waals surface area contributed by atoms with Gasteiger partial charge in [0.25, 0.3) is 0 Å². The maximum Gasteiger partial charge on any atom is 0.217 e. The van der Waals surface area contributed by atoms with Crippen LogP contribution in [0.4, 0.5) is 5.69 Å². The van der Waals surface area contributed by atoms with Crippen LogP contribution in [-0.4, -0.2) is 32.1 Å². The van der Waals surface area contributed by atoms with Crippen molar-refractivity contribution >= 4 is 35.4 Å². The number of aryl methyl sites for hydroxylation is 1. The summed E-state index contributed by atoms with van der Waals surface area (Å²) in [6.45, 7) is 2.00. The van der Waals surface area contributed by atoms with Crippen LogP contribution in [0.25, 0.3) is 10.8 Å². The highest BCUT2D eigenvalue weighted by molar-refractivity contribution is 5.88. The van der Waals surface area contributed by atoms with Gasteiger partial charge in [-0.3, -0.25) is 9.59 Å². The van der Waals surface area contributed by atoms with Crippen molar-refractivity contribution < 1.29 is 14.4 Å². The minimum absolute atomic E-state index is 0.191. The standard InChI is InChI=1S/C14H20N2O.C11H8O.CH2O/c1-16-12(6-4-8-14(15)17)10-9-11-5-2-3-7-13(11)16;12-8-9-5-6-10-3-1-2-4-11(10)7-9;1-2/h2-3,5,7,12H,4,6,8-10H2,1H3,(H2,15,17);1-8H;1H2. The fourth-order valence-electron chi connectivity index (χ4n) is 3.91. The van der Waals surface area contributed by atoms with Crippen LogP contribution in [0.1, 0.15) is 41.6 Å². The first-order valence-electron chi connectivity index (χ1n) is 10.4. The molecule has 0 saturated carbocycles. The number of fused-ring (bicyclic) bond motifs is 2. The van der Waals surface area contributed by atoms with E-state index in [4.69, 9.17) is 10.5 Å². The van der Waals surface area contributed by atoms with Crippen LogP contribution in [0, 0.1) is 0 Å². The van der Waals surface area contributed by atoms with Gasteiger partial charge in [0.05, 0.1) is 0 Å². The van der Waals surface area contributed by atoms with E-state index in [0.717, 1.165) is 36.5 Å². The van der Waals surface area contributed by atoms with Crippen molar-refractivity contribution in [2.75, 3.05) is 11.9 Å². The molecule has 3 aromatic rings. The predicted octanol–water partition coefficient (Wildman–Crippen LogP) is 4.56. The van der Waals surface area contributed by atoms with E-state index in [0.29, 0.717) is 12.5 Å². The zero-order valence-corrected chi connectivity index (χ0v) is 18.0. The summed E-state index contributed by atoms with van der Waals surface area (Å²) in [6.07, 6.45) is 5.63. The molecule has 3 aromatic carbocycles. The Hall–Kier alpha value is -3.47. The van der Waals surface area contributed by atoms with Crippen molar-refractivity contribution in [1.29, 1.82) is 0 Å². The minimum Gasteiger partial charge on any atom is -0.371 e. The van der Waals surface area contributed by atoms with Gasteiger partial charge >= 0.3 is 0 Å². The lowest BCUT2D eigenvalue weighted by Gasteiger charge is -2.36. The molecule has 1 amide bonds. The van der Waals surface area contributed by atoms with Crippen LogP contribution in [0.5, 0.6) is 0 Å². The molecule has 4 rings (SSSR count). The number of hydrogen-bond acceptors (Lipinski definition) is 4. The van der Waals surface area contributed by atoms with Crippen LogP contribution in [-0.2, 0) is 16.0 Å². The molecule has 31 heavy (non-hydrogen) atoms. The van der Waals surface area contributed by atoms with Crippen molar-refractivity contribution in [2.24, 2.45) is 5.73 Å². The Morgan fingerprint density at radius 2 is 1.74 bits per heavy atom. The van der Waals surface area contributed by atoms with Crippen molar-refractivity contribution in [1.82, 2.24) is 0 Å². The molecule has 5 nitrogen and oxygen atoms in total. The van der Waals surface area contributed by atoms with Gasteiger partial charge < -0.3 is 15.4 Å². The molecule has 5 heteroatoms. The maximum atomic E-state index is 10.7. The van der Waals surface area contributed by atoms with Crippen LogP contribution >= 0.6 is 0 Å². The lowest BCUT2D eigenvalue weighted by Crippen LogP contribution is -2.36. The Kier molecular flexibility index (Phi) is 9.43. The van der Waals surface area contributed by atoms with E-state index in [1.165, 1.54) is 23.1 Å². The van der Waals surface area contributed by atoms with Crippen LogP contribution < -0.4 is 10.6 Å². The predicted molar refractivity (Wildman–Crippen MR) is 126 cm³/mol. The first-order valence-corrected chi connectivity index (χ1v) is 10.4. The van der Waals surface area contributed by atoms with Gasteiger partial charge in [0.2, 0.25) is 5.91 Å². The van der Waals surface area contributed by atoms with Gasteiger partial charge in [-0.15, -0.1) is 0 Å². The molecule has 0 aromatic heterocycles. The van der Waals surface area contributed by atoms with Gasteiger partial charge in [-0.25, -0.2) is 0 Å². The molecule has 1 aliphatic heterocycles. The minimum atomic E-state index is -0.191. The molecule has 0 spiro atoms. The summed E-state index contributed by atoms with van der Waals surface area (Å²) in [6, 6.07) is 22.8. The zero-order valence-electron chi connectivity index (χ0n) is 18.0. The zero-order chi connectivity index (χ0) is 22.6. The number of primary amides is 1. The number of rotatable bonds is 5. The number of anilines is 1. The van der Waals surface area contributed by atoms with E-state index in [-0.39, 0.29) is 5.91 Å². The number of carbonyl (C=O) groups excluding carboxylic acids is 3. The summed E-state index contributed by atoms with van der Waals surface area (Å²) in [5.41, 5.74) is 8.66. The molecule has 1 aliphatic rings. The third-order valence-corrected chi connectivity index (χ3v) is 5.54. The van der Waals surface area contributed by atoms with Gasteiger partial charge in [0, 0.05) is 30.8 Å². The van der Waals surface area contributed by atoms with Crippen molar-refractivity contribution in [3.8, 4) is 0 Å². The van der Waals surface area contributed by atoms with E-state index >= 15 is 0 Å². The van der Waals surface area contributed by atoms with Gasteiger partial charge in [0.1, 0.15) is 13.1 Å². The molecule has 0 radical (unpaired) electrons. The average Bonchev–Trinajstić information content (AvgIpc) is 2.82. The van der Waals surface area contributed by atoms with E-state index in [2.05, 4.69) is 36.2 Å². The maximum absolute atomic E-state index is 10.7. The highest BCUT2D eigenvalue weighted by Crippen LogP contribution is 2.30. The largest absolute Gasteiger partial charge is 0.371 e. The molecule has 1 atom stereocenters. The Morgan fingerprint density at radius 3 is 2.45 bits per heavy atom. The summed E-state index contributed by atoms with van der Waals surface area (Å²) in [4.78, 5) is 31.5. The fourth-order valence-corrected chi connectivity index (χ4v) is 3.91. The second kappa shape index (κ2) is 12.3. The quantitative estimate of drug-likeness (QED) is 0.616. The molecule has 0 saturated heterocycles. The number of nitrogens with two attached hydrogens (primary N) is 1. The van der Waals surface area contributed by atoms with Crippen molar-refractivity contribution in [2.45, 2.75) is 38.1 Å². The summed E-state index contributed by atoms with van der Waals surface area (Å²) < 4.78 is 0. The van der Waals surface area contributed by atoms with Gasteiger partial charge in [-0.05, 0) is 54.2 Å². The number of nitrogens with zero attached hydrogens (tertiary/aromatic N) is 1. The molecule has 0 bridgehead atoms. The van der Waals surface area contributed by atoms with Gasteiger partial charge in [-0.1, -0.05) is 54.6 Å². The average molecular weight is 419 g/mol. The van der Waals surface area contributed by atoms with Gasteiger partial charge in [-0.2, -0.15) is 0 Å². The Bertz CT molecular complexity index is 1000. The lowest BCUT2D eigenvalue weighted by molar-refractivity contribution is -0.118. The first-order chi connectivity index (χ1) is 15.1. The van der Waals surface area contributed by atoms with E-state index in [1.807, 2.05) is 49.3 Å². The number of hydrogen-bond donors (Lipinski definition) is 1. The molecule has 0 aliphatic carbocycles. The summed E-state index contributed by atoms with van der Waals surface area (Å²) >= 11 is 0. The second-order valence-corrected chi connectivity index (χ2v) is 7.52. The van der Waals surface area contributed by atoms with Gasteiger partial charge in [0.15, 0.2) is 0 Å². The third-order valence-electron chi connectivity index (χ3n) is 5.54. The van der Waals surface area contributed by atoms with E-state index in [1.54, 1.807) is 0 Å². The Labute approximate surface area is 183 Å². The SMILES string of the molecule is C=O.CN1c2ccccc2CCC1CCCC(N)=O.O=Cc1ccc2ccccc2c1. The lowest BCUT2D eigenvalue weighted by atomic mass is 9.93. The molecule has 2 N–H and O–H groups in total. The van der Waals surface area contributed by atoms with Crippen molar-refractivity contribution in [3.05, 3.63) is 77.9 Å². The number of carbonyl (C=O) groups is 3. The highest BCUT2D eigenvalue weighted by atomic mass is 16.1. The van der Waals surface area contributed by atoms with E-state index in [9.17, 15) is 9.59 Å². The smallest absolute Gasteiger partial charge is 0.217 e. The Morgan fingerprint density at radius 1 is 1.06 bits per heavy atom. The normalized spacial score (nSPS) is 14.4. The molecule has 1 heterocycles. The monoisotopic (exact) mass is 418 g/mol. The molecular formula is C26H30N2O3. The summed E-state index contributed by atoms with van der Waals surface area (Å²) in [5, 5.41) is 2.28. The fraction of sp³-hybridized carbons (Fsp3) is 0.269. The van der Waals surface area contributed by atoms with E-state index < -0.39 is 0 Å².